The van der Waals surface area contributed by atoms with Crippen LogP contribution in [0.5, 0.6) is 0 Å². The molecule has 4 nitrogen and oxygen atoms in total. The first-order valence-corrected chi connectivity index (χ1v) is 9.84. The van der Waals surface area contributed by atoms with E-state index < -0.39 is 0 Å². The Balaban J connectivity index is 1.45. The lowest BCUT2D eigenvalue weighted by Gasteiger charge is -2.07. The summed E-state index contributed by atoms with van der Waals surface area (Å²) in [6, 6.07) is 28.7. The van der Waals surface area contributed by atoms with Crippen LogP contribution in [-0.4, -0.2) is 20.0 Å². The fourth-order valence-corrected chi connectivity index (χ4v) is 3.96. The average molecular weight is 380 g/mol. The largest absolute Gasteiger partial charge is 0.236 e. The number of hydrogen-bond donors (Lipinski definition) is 0. The zero-order chi connectivity index (χ0) is 18.8. The van der Waals surface area contributed by atoms with Crippen molar-refractivity contribution >= 4 is 11.3 Å². The molecule has 0 spiro atoms. The Morgan fingerprint density at radius 3 is 2.07 bits per heavy atom. The van der Waals surface area contributed by atoms with Crippen molar-refractivity contribution < 1.29 is 0 Å². The summed E-state index contributed by atoms with van der Waals surface area (Å²) in [5, 5.41) is 11.5. The highest BCUT2D eigenvalue weighted by Gasteiger charge is 2.10. The summed E-state index contributed by atoms with van der Waals surface area (Å²) in [5.41, 5.74) is 6.24. The van der Waals surface area contributed by atoms with Crippen molar-refractivity contribution in [2.75, 3.05) is 0 Å². The van der Waals surface area contributed by atoms with E-state index in [1.54, 1.807) is 17.5 Å². The first-order valence-electron chi connectivity index (χ1n) is 8.96. The topological polar surface area (TPSA) is 43.6 Å². The van der Waals surface area contributed by atoms with E-state index in [0.29, 0.717) is 0 Å². The Labute approximate surface area is 166 Å². The van der Waals surface area contributed by atoms with Crippen LogP contribution < -0.4 is 0 Å². The van der Waals surface area contributed by atoms with Crippen LogP contribution in [-0.2, 0) is 0 Å². The molecule has 28 heavy (non-hydrogen) atoms. The fourth-order valence-electron chi connectivity index (χ4n) is 3.12. The molecular formula is C23H16N4S. The van der Waals surface area contributed by atoms with Gasteiger partial charge in [0.1, 0.15) is 5.01 Å². The third-order valence-electron chi connectivity index (χ3n) is 4.55. The fraction of sp³-hybridized carbons (Fsp3) is 0. The SMILES string of the molecule is c1ccc(-c2nc(-c3ccc(-n4nncc4-c4ccccc4)cc3)cs2)cc1. The lowest BCUT2D eigenvalue weighted by Crippen LogP contribution is -1.99. The van der Waals surface area contributed by atoms with Gasteiger partial charge in [0, 0.05) is 22.1 Å². The molecule has 0 aliphatic heterocycles. The zero-order valence-electron chi connectivity index (χ0n) is 14.9. The number of thiazole rings is 1. The second-order valence-electron chi connectivity index (χ2n) is 6.35. The molecular weight excluding hydrogens is 364 g/mol. The second-order valence-corrected chi connectivity index (χ2v) is 7.21. The van der Waals surface area contributed by atoms with Gasteiger partial charge in [-0.3, -0.25) is 0 Å². The van der Waals surface area contributed by atoms with E-state index in [9.17, 15) is 0 Å². The average Bonchev–Trinajstić information content (AvgIpc) is 3.45. The molecule has 0 atom stereocenters. The summed E-state index contributed by atoms with van der Waals surface area (Å²) < 4.78 is 1.86. The van der Waals surface area contributed by atoms with Crippen LogP contribution in [0, 0.1) is 0 Å². The van der Waals surface area contributed by atoms with Crippen molar-refractivity contribution in [2.24, 2.45) is 0 Å². The molecule has 0 bridgehead atoms. The van der Waals surface area contributed by atoms with Gasteiger partial charge in [-0.15, -0.1) is 16.4 Å². The molecule has 0 aliphatic carbocycles. The monoisotopic (exact) mass is 380 g/mol. The lowest BCUT2D eigenvalue weighted by atomic mass is 10.1. The number of hydrogen-bond acceptors (Lipinski definition) is 4. The summed E-state index contributed by atoms with van der Waals surface area (Å²) in [5.74, 6) is 0. The molecule has 0 saturated carbocycles. The van der Waals surface area contributed by atoms with Gasteiger partial charge in [-0.25, -0.2) is 9.67 Å². The number of rotatable bonds is 4. The van der Waals surface area contributed by atoms with E-state index in [1.807, 2.05) is 41.1 Å². The van der Waals surface area contributed by atoms with E-state index >= 15 is 0 Å². The van der Waals surface area contributed by atoms with Crippen molar-refractivity contribution in [2.45, 2.75) is 0 Å². The van der Waals surface area contributed by atoms with Crippen molar-refractivity contribution in [3.05, 3.63) is 96.5 Å². The van der Waals surface area contributed by atoms with Gasteiger partial charge in [-0.2, -0.15) is 0 Å². The number of benzene rings is 3. The van der Waals surface area contributed by atoms with E-state index in [0.717, 1.165) is 38.8 Å². The standard InChI is InChI=1S/C23H16N4S/c1-3-7-18(8-4-1)22-15-24-26-27(22)20-13-11-17(12-14-20)21-16-28-23(25-21)19-9-5-2-6-10-19/h1-16H. The minimum atomic E-state index is 0.966. The van der Waals surface area contributed by atoms with Gasteiger partial charge in [-0.05, 0) is 12.1 Å². The summed E-state index contributed by atoms with van der Waals surface area (Å²) in [7, 11) is 0. The van der Waals surface area contributed by atoms with Crippen molar-refractivity contribution in [3.8, 4) is 38.8 Å². The van der Waals surface area contributed by atoms with Gasteiger partial charge in [-0.1, -0.05) is 78.0 Å². The first kappa shape index (κ1) is 16.6. The van der Waals surface area contributed by atoms with Crippen molar-refractivity contribution in [1.29, 1.82) is 0 Å². The van der Waals surface area contributed by atoms with E-state index in [4.69, 9.17) is 4.98 Å². The van der Waals surface area contributed by atoms with Crippen LogP contribution in [0.15, 0.2) is 96.5 Å². The smallest absolute Gasteiger partial charge is 0.124 e. The summed E-state index contributed by atoms with van der Waals surface area (Å²) in [6.45, 7) is 0. The molecule has 0 aliphatic rings. The van der Waals surface area contributed by atoms with E-state index in [1.165, 1.54) is 0 Å². The van der Waals surface area contributed by atoms with Crippen LogP contribution in [0.25, 0.3) is 38.8 Å². The minimum Gasteiger partial charge on any atom is -0.236 e. The Morgan fingerprint density at radius 1 is 0.679 bits per heavy atom. The molecule has 2 aromatic heterocycles. The minimum absolute atomic E-state index is 0.966. The summed E-state index contributed by atoms with van der Waals surface area (Å²) in [4.78, 5) is 4.79. The Morgan fingerprint density at radius 2 is 1.36 bits per heavy atom. The second kappa shape index (κ2) is 7.21. The molecule has 5 heteroatoms. The molecule has 0 fully saturated rings. The molecule has 0 unspecified atom stereocenters. The number of nitrogens with zero attached hydrogens (tertiary/aromatic N) is 4. The molecule has 0 radical (unpaired) electrons. The van der Waals surface area contributed by atoms with Crippen molar-refractivity contribution in [3.63, 3.8) is 0 Å². The third-order valence-corrected chi connectivity index (χ3v) is 5.44. The third kappa shape index (κ3) is 3.12. The van der Waals surface area contributed by atoms with Gasteiger partial charge >= 0.3 is 0 Å². The summed E-state index contributed by atoms with van der Waals surface area (Å²) >= 11 is 1.66. The van der Waals surface area contributed by atoms with E-state index in [2.05, 4.69) is 64.2 Å². The zero-order valence-corrected chi connectivity index (χ0v) is 15.8. The highest BCUT2D eigenvalue weighted by atomic mass is 32.1. The first-order chi connectivity index (χ1) is 13.9. The molecule has 0 N–H and O–H groups in total. The van der Waals surface area contributed by atoms with Gasteiger partial charge in [0.25, 0.3) is 0 Å². The Kier molecular flexibility index (Phi) is 4.27. The van der Waals surface area contributed by atoms with Gasteiger partial charge in [0.15, 0.2) is 0 Å². The van der Waals surface area contributed by atoms with E-state index in [-0.39, 0.29) is 0 Å². The maximum absolute atomic E-state index is 4.79. The molecule has 0 amide bonds. The molecule has 3 aromatic carbocycles. The quantitative estimate of drug-likeness (QED) is 0.400. The van der Waals surface area contributed by atoms with Crippen LogP contribution in [0.4, 0.5) is 0 Å². The number of aromatic nitrogens is 4. The van der Waals surface area contributed by atoms with Gasteiger partial charge < -0.3 is 0 Å². The highest BCUT2D eigenvalue weighted by molar-refractivity contribution is 7.13. The van der Waals surface area contributed by atoms with Crippen LogP contribution in [0.2, 0.25) is 0 Å². The molecule has 2 heterocycles. The molecule has 5 aromatic rings. The highest BCUT2D eigenvalue weighted by Crippen LogP contribution is 2.29. The Hall–Kier alpha value is -3.57. The Bertz CT molecular complexity index is 1190. The van der Waals surface area contributed by atoms with Crippen molar-refractivity contribution in [1.82, 2.24) is 20.0 Å². The van der Waals surface area contributed by atoms with Crippen LogP contribution in [0.1, 0.15) is 0 Å². The predicted octanol–water partition coefficient (Wildman–Crippen LogP) is 5.72. The van der Waals surface area contributed by atoms with Gasteiger partial charge in [0.05, 0.1) is 23.3 Å². The van der Waals surface area contributed by atoms with Crippen LogP contribution in [0.3, 0.4) is 0 Å². The predicted molar refractivity (Wildman–Crippen MR) is 113 cm³/mol. The normalized spacial score (nSPS) is 10.9. The lowest BCUT2D eigenvalue weighted by molar-refractivity contribution is 0.808. The van der Waals surface area contributed by atoms with Gasteiger partial charge in [0.2, 0.25) is 0 Å². The molecule has 5 rings (SSSR count). The summed E-state index contributed by atoms with van der Waals surface area (Å²) in [6.07, 6.45) is 1.79. The maximum Gasteiger partial charge on any atom is 0.124 e. The molecule has 134 valence electrons. The van der Waals surface area contributed by atoms with Crippen LogP contribution >= 0.6 is 11.3 Å². The maximum atomic E-state index is 4.79. The molecule has 0 saturated heterocycles.